The summed E-state index contributed by atoms with van der Waals surface area (Å²) >= 11 is 0. The molecular weight excluding hydrogens is 318 g/mol. The molecule has 1 aliphatic heterocycles. The summed E-state index contributed by atoms with van der Waals surface area (Å²) in [5, 5.41) is 9.65. The van der Waals surface area contributed by atoms with Crippen LogP contribution in [-0.2, 0) is 6.54 Å². The number of nitrogens with one attached hydrogen (secondary N) is 3. The van der Waals surface area contributed by atoms with E-state index in [9.17, 15) is 4.79 Å². The number of rotatable bonds is 5. The zero-order chi connectivity index (χ0) is 18.7. The fraction of sp³-hybridized carbons (Fsp3) is 0.632. The molecule has 1 aliphatic rings. The molecular formula is C19H31N3O3. The lowest BCUT2D eigenvalue weighted by Crippen LogP contribution is -2.62. The van der Waals surface area contributed by atoms with E-state index in [1.807, 2.05) is 18.2 Å². The van der Waals surface area contributed by atoms with Crippen molar-refractivity contribution in [3.8, 4) is 11.5 Å². The largest absolute Gasteiger partial charge is 0.493 e. The van der Waals surface area contributed by atoms with E-state index in [0.717, 1.165) is 18.4 Å². The highest BCUT2D eigenvalue weighted by Crippen LogP contribution is 2.29. The lowest BCUT2D eigenvalue weighted by atomic mass is 9.80. The SMILES string of the molecule is COc1ccc(CNC(=O)NC2CC(C)(C)NC(C)(C)C2)cc1OC. The van der Waals surface area contributed by atoms with Crippen molar-refractivity contribution >= 4 is 6.03 Å². The lowest BCUT2D eigenvalue weighted by Gasteiger charge is -2.46. The number of carbonyl (C=O) groups excluding carboxylic acids is 1. The van der Waals surface area contributed by atoms with Crippen molar-refractivity contribution in [2.75, 3.05) is 14.2 Å². The van der Waals surface area contributed by atoms with Crippen molar-refractivity contribution in [1.82, 2.24) is 16.0 Å². The molecule has 0 saturated carbocycles. The second-order valence-corrected chi connectivity index (χ2v) is 8.01. The first kappa shape index (κ1) is 19.4. The molecule has 1 aromatic rings. The fourth-order valence-corrected chi connectivity index (χ4v) is 3.83. The Labute approximate surface area is 150 Å². The van der Waals surface area contributed by atoms with Gasteiger partial charge in [0.1, 0.15) is 0 Å². The van der Waals surface area contributed by atoms with E-state index in [-0.39, 0.29) is 23.2 Å². The molecule has 3 N–H and O–H groups in total. The van der Waals surface area contributed by atoms with Gasteiger partial charge in [0.15, 0.2) is 11.5 Å². The molecule has 0 radical (unpaired) electrons. The van der Waals surface area contributed by atoms with E-state index in [1.165, 1.54) is 0 Å². The Morgan fingerprint density at radius 3 is 2.28 bits per heavy atom. The van der Waals surface area contributed by atoms with Gasteiger partial charge in [-0.25, -0.2) is 4.79 Å². The maximum absolute atomic E-state index is 12.3. The predicted octanol–water partition coefficient (Wildman–Crippen LogP) is 2.81. The number of methoxy groups -OCH3 is 2. The summed E-state index contributed by atoms with van der Waals surface area (Å²) in [6, 6.07) is 5.63. The fourth-order valence-electron chi connectivity index (χ4n) is 3.83. The van der Waals surface area contributed by atoms with Crippen molar-refractivity contribution in [1.29, 1.82) is 0 Å². The zero-order valence-electron chi connectivity index (χ0n) is 16.2. The third-order valence-electron chi connectivity index (χ3n) is 4.43. The average Bonchev–Trinajstić information content (AvgIpc) is 2.49. The highest BCUT2D eigenvalue weighted by Gasteiger charge is 2.38. The Balaban J connectivity index is 1.90. The van der Waals surface area contributed by atoms with Gasteiger partial charge in [0, 0.05) is 23.7 Å². The average molecular weight is 349 g/mol. The van der Waals surface area contributed by atoms with Crippen molar-refractivity contribution in [2.45, 2.75) is 64.2 Å². The first-order chi connectivity index (χ1) is 11.6. The van der Waals surface area contributed by atoms with Gasteiger partial charge in [-0.3, -0.25) is 0 Å². The summed E-state index contributed by atoms with van der Waals surface area (Å²) in [5.41, 5.74) is 0.963. The predicted molar refractivity (Wildman–Crippen MR) is 99.2 cm³/mol. The Bertz CT molecular complexity index is 598. The van der Waals surface area contributed by atoms with Gasteiger partial charge in [-0.1, -0.05) is 6.07 Å². The van der Waals surface area contributed by atoms with Crippen LogP contribution >= 0.6 is 0 Å². The number of piperidine rings is 1. The van der Waals surface area contributed by atoms with Crippen LogP contribution in [0.3, 0.4) is 0 Å². The highest BCUT2D eigenvalue weighted by atomic mass is 16.5. The van der Waals surface area contributed by atoms with E-state index in [4.69, 9.17) is 9.47 Å². The van der Waals surface area contributed by atoms with Gasteiger partial charge < -0.3 is 25.4 Å². The summed E-state index contributed by atoms with van der Waals surface area (Å²) in [6.45, 7) is 9.12. The summed E-state index contributed by atoms with van der Waals surface area (Å²) in [4.78, 5) is 12.3. The zero-order valence-corrected chi connectivity index (χ0v) is 16.2. The molecule has 0 atom stereocenters. The van der Waals surface area contributed by atoms with Gasteiger partial charge in [0.05, 0.1) is 14.2 Å². The second-order valence-electron chi connectivity index (χ2n) is 8.01. The molecule has 1 heterocycles. The number of amides is 2. The van der Waals surface area contributed by atoms with E-state index < -0.39 is 0 Å². The molecule has 1 fully saturated rings. The van der Waals surface area contributed by atoms with Crippen molar-refractivity contribution < 1.29 is 14.3 Å². The number of carbonyl (C=O) groups is 1. The van der Waals surface area contributed by atoms with Crippen LogP contribution in [0.15, 0.2) is 18.2 Å². The van der Waals surface area contributed by atoms with E-state index >= 15 is 0 Å². The standard InChI is InChI=1S/C19H31N3O3/c1-18(2)10-14(11-19(3,4)22-18)21-17(23)20-12-13-7-8-15(24-5)16(9-13)25-6/h7-9,14,22H,10-12H2,1-6H3,(H2,20,21,23). The van der Waals surface area contributed by atoms with Crippen LogP contribution in [0.5, 0.6) is 11.5 Å². The molecule has 2 rings (SSSR count). The van der Waals surface area contributed by atoms with Gasteiger partial charge in [0.2, 0.25) is 0 Å². The number of hydrogen-bond acceptors (Lipinski definition) is 4. The Kier molecular flexibility index (Phi) is 5.83. The van der Waals surface area contributed by atoms with Gasteiger partial charge >= 0.3 is 6.03 Å². The molecule has 140 valence electrons. The number of benzene rings is 1. The third kappa shape index (κ3) is 5.53. The van der Waals surface area contributed by atoms with Crippen molar-refractivity contribution in [3.05, 3.63) is 23.8 Å². The summed E-state index contributed by atoms with van der Waals surface area (Å²) in [5.74, 6) is 1.33. The molecule has 25 heavy (non-hydrogen) atoms. The quantitative estimate of drug-likeness (QED) is 0.764. The van der Waals surface area contributed by atoms with Crippen molar-refractivity contribution in [3.63, 3.8) is 0 Å². The molecule has 0 aromatic heterocycles. The molecule has 1 aromatic carbocycles. The second kappa shape index (κ2) is 7.52. The molecule has 6 nitrogen and oxygen atoms in total. The van der Waals surface area contributed by atoms with E-state index in [1.54, 1.807) is 14.2 Å². The maximum Gasteiger partial charge on any atom is 0.315 e. The summed E-state index contributed by atoms with van der Waals surface area (Å²) in [7, 11) is 3.20. The van der Waals surface area contributed by atoms with Crippen LogP contribution in [0.2, 0.25) is 0 Å². The van der Waals surface area contributed by atoms with Crippen LogP contribution in [-0.4, -0.2) is 37.4 Å². The smallest absolute Gasteiger partial charge is 0.315 e. The normalized spacial score (nSPS) is 19.1. The Hall–Kier alpha value is -1.95. The number of ether oxygens (including phenoxy) is 2. The van der Waals surface area contributed by atoms with Crippen LogP contribution in [0, 0.1) is 0 Å². The molecule has 6 heteroatoms. The van der Waals surface area contributed by atoms with Gasteiger partial charge in [-0.2, -0.15) is 0 Å². The van der Waals surface area contributed by atoms with Gasteiger partial charge in [0.25, 0.3) is 0 Å². The van der Waals surface area contributed by atoms with Crippen LogP contribution in [0.1, 0.15) is 46.1 Å². The van der Waals surface area contributed by atoms with Crippen LogP contribution in [0.4, 0.5) is 4.79 Å². The minimum atomic E-state index is -0.145. The van der Waals surface area contributed by atoms with E-state index in [0.29, 0.717) is 18.0 Å². The first-order valence-corrected chi connectivity index (χ1v) is 8.69. The van der Waals surface area contributed by atoms with Gasteiger partial charge in [-0.15, -0.1) is 0 Å². The molecule has 0 spiro atoms. The van der Waals surface area contributed by atoms with Crippen molar-refractivity contribution in [2.24, 2.45) is 0 Å². The topological polar surface area (TPSA) is 71.6 Å². The molecule has 0 aliphatic carbocycles. The monoisotopic (exact) mass is 349 g/mol. The Morgan fingerprint density at radius 1 is 1.12 bits per heavy atom. The van der Waals surface area contributed by atoms with Gasteiger partial charge in [-0.05, 0) is 58.2 Å². The van der Waals surface area contributed by atoms with Crippen LogP contribution < -0.4 is 25.4 Å². The summed E-state index contributed by atoms with van der Waals surface area (Å²) < 4.78 is 10.5. The molecule has 1 saturated heterocycles. The molecule has 0 unspecified atom stereocenters. The summed E-state index contributed by atoms with van der Waals surface area (Å²) in [6.07, 6.45) is 1.81. The van der Waals surface area contributed by atoms with Crippen LogP contribution in [0.25, 0.3) is 0 Å². The minimum absolute atomic E-state index is 0.00302. The first-order valence-electron chi connectivity index (χ1n) is 8.69. The molecule has 0 bridgehead atoms. The lowest BCUT2D eigenvalue weighted by molar-refractivity contribution is 0.147. The number of hydrogen-bond donors (Lipinski definition) is 3. The van der Waals surface area contributed by atoms with E-state index in [2.05, 4.69) is 43.6 Å². The molecule has 2 amide bonds. The Morgan fingerprint density at radius 2 is 1.72 bits per heavy atom. The maximum atomic E-state index is 12.3. The minimum Gasteiger partial charge on any atom is -0.493 e. The third-order valence-corrected chi connectivity index (χ3v) is 4.43. The number of urea groups is 1. The highest BCUT2D eigenvalue weighted by molar-refractivity contribution is 5.74.